The molecule has 0 fully saturated rings. The second kappa shape index (κ2) is 13.8. The standard InChI is InChI=1S/C30H31F2N3O4S2/c1-2-20-6-3-7-21(12-20)18-33-19-28(36)27(15-22-13-24(31)17-25(32)14-22)34-30(37)23-8-4-9-26(16-23)35-41(38,39)29-10-5-11-40-29/h3-14,16-17,27-28,33,35-36H,2,15,18-19H2,1H3,(H,34,37). The van der Waals surface area contributed by atoms with Crippen LogP contribution < -0.4 is 15.4 Å². The molecule has 0 aliphatic carbocycles. The molecule has 0 saturated heterocycles. The molecule has 1 aromatic heterocycles. The van der Waals surface area contributed by atoms with Crippen LogP contribution in [-0.2, 0) is 29.4 Å². The van der Waals surface area contributed by atoms with Gasteiger partial charge in [0.05, 0.1) is 12.1 Å². The molecule has 1 heterocycles. The minimum Gasteiger partial charge on any atom is -0.390 e. The van der Waals surface area contributed by atoms with Crippen LogP contribution in [0.5, 0.6) is 0 Å². The summed E-state index contributed by atoms with van der Waals surface area (Å²) < 4.78 is 55.6. The molecule has 41 heavy (non-hydrogen) atoms. The molecule has 0 radical (unpaired) electrons. The van der Waals surface area contributed by atoms with Gasteiger partial charge in [-0.05, 0) is 71.3 Å². The van der Waals surface area contributed by atoms with Gasteiger partial charge >= 0.3 is 0 Å². The van der Waals surface area contributed by atoms with Gasteiger partial charge in [0.15, 0.2) is 0 Å². The Morgan fingerprint density at radius 2 is 1.66 bits per heavy atom. The molecule has 216 valence electrons. The molecule has 0 aliphatic heterocycles. The summed E-state index contributed by atoms with van der Waals surface area (Å²) in [5, 5.41) is 18.6. The van der Waals surface area contributed by atoms with Gasteiger partial charge in [-0.3, -0.25) is 9.52 Å². The van der Waals surface area contributed by atoms with Gasteiger partial charge in [-0.15, -0.1) is 11.3 Å². The van der Waals surface area contributed by atoms with Gasteiger partial charge in [0.1, 0.15) is 15.8 Å². The quantitative estimate of drug-likeness (QED) is 0.175. The molecular weight excluding hydrogens is 568 g/mol. The van der Waals surface area contributed by atoms with Crippen LogP contribution in [0.2, 0.25) is 0 Å². The average Bonchev–Trinajstić information content (AvgIpc) is 3.49. The lowest BCUT2D eigenvalue weighted by molar-refractivity contribution is 0.0830. The third kappa shape index (κ3) is 8.67. The van der Waals surface area contributed by atoms with Crippen molar-refractivity contribution in [3.8, 4) is 0 Å². The summed E-state index contributed by atoms with van der Waals surface area (Å²) in [5.74, 6) is -2.11. The highest BCUT2D eigenvalue weighted by Gasteiger charge is 2.24. The number of rotatable bonds is 13. The highest BCUT2D eigenvalue weighted by atomic mass is 32.2. The fraction of sp³-hybridized carbons (Fsp3) is 0.233. The van der Waals surface area contributed by atoms with E-state index in [-0.39, 0.29) is 34.0 Å². The van der Waals surface area contributed by atoms with Gasteiger partial charge < -0.3 is 15.7 Å². The van der Waals surface area contributed by atoms with E-state index in [1.165, 1.54) is 35.9 Å². The van der Waals surface area contributed by atoms with Crippen LogP contribution in [0.15, 0.2) is 88.5 Å². The van der Waals surface area contributed by atoms with Crippen molar-refractivity contribution in [3.63, 3.8) is 0 Å². The second-order valence-corrected chi connectivity index (χ2v) is 12.4. The summed E-state index contributed by atoms with van der Waals surface area (Å²) in [6, 6.07) is 19.2. The maximum Gasteiger partial charge on any atom is 0.271 e. The van der Waals surface area contributed by atoms with E-state index in [1.807, 2.05) is 18.2 Å². The van der Waals surface area contributed by atoms with Gasteiger partial charge in [0.25, 0.3) is 15.9 Å². The lowest BCUT2D eigenvalue weighted by atomic mass is 10.00. The summed E-state index contributed by atoms with van der Waals surface area (Å²) in [5.41, 5.74) is 2.81. The molecule has 4 rings (SSSR count). The van der Waals surface area contributed by atoms with Crippen LogP contribution >= 0.6 is 11.3 Å². The first-order valence-corrected chi connectivity index (χ1v) is 15.4. The summed E-state index contributed by atoms with van der Waals surface area (Å²) in [6.07, 6.45) is -0.259. The van der Waals surface area contributed by atoms with Gasteiger partial charge in [-0.1, -0.05) is 43.3 Å². The lowest BCUT2D eigenvalue weighted by Crippen LogP contribution is -2.48. The Bertz CT molecular complexity index is 1560. The van der Waals surface area contributed by atoms with E-state index < -0.39 is 39.7 Å². The smallest absolute Gasteiger partial charge is 0.271 e. The molecule has 0 aliphatic rings. The van der Waals surface area contributed by atoms with Crippen LogP contribution in [0.3, 0.4) is 0 Å². The molecule has 0 bridgehead atoms. The van der Waals surface area contributed by atoms with Crippen molar-refractivity contribution < 1.29 is 27.1 Å². The van der Waals surface area contributed by atoms with Gasteiger partial charge in [-0.25, -0.2) is 17.2 Å². The van der Waals surface area contributed by atoms with Crippen molar-refractivity contribution in [1.82, 2.24) is 10.6 Å². The number of thiophene rings is 1. The topological polar surface area (TPSA) is 108 Å². The molecular formula is C30H31F2N3O4S2. The van der Waals surface area contributed by atoms with Crippen LogP contribution in [0.1, 0.15) is 34.0 Å². The Morgan fingerprint density at radius 1 is 0.927 bits per heavy atom. The third-order valence-electron chi connectivity index (χ3n) is 6.38. The zero-order valence-corrected chi connectivity index (χ0v) is 23.9. The highest BCUT2D eigenvalue weighted by molar-refractivity contribution is 7.94. The number of carbonyl (C=O) groups excluding carboxylic acids is 1. The number of aliphatic hydroxyl groups is 1. The molecule has 0 saturated carbocycles. The highest BCUT2D eigenvalue weighted by Crippen LogP contribution is 2.21. The first-order valence-electron chi connectivity index (χ1n) is 13.0. The van der Waals surface area contributed by atoms with E-state index >= 15 is 0 Å². The van der Waals surface area contributed by atoms with Crippen molar-refractivity contribution in [2.24, 2.45) is 0 Å². The number of hydrogen-bond acceptors (Lipinski definition) is 6. The Labute approximate surface area is 242 Å². The van der Waals surface area contributed by atoms with E-state index in [2.05, 4.69) is 28.3 Å². The zero-order valence-electron chi connectivity index (χ0n) is 22.3. The van der Waals surface area contributed by atoms with E-state index in [1.54, 1.807) is 11.4 Å². The second-order valence-electron chi connectivity index (χ2n) is 9.55. The fourth-order valence-corrected chi connectivity index (χ4v) is 6.37. The number of aryl methyl sites for hydroxylation is 1. The fourth-order valence-electron chi connectivity index (χ4n) is 4.33. The first kappa shape index (κ1) is 30.3. The first-order chi connectivity index (χ1) is 19.6. The van der Waals surface area contributed by atoms with Gasteiger partial charge in [-0.2, -0.15) is 0 Å². The normalized spacial score (nSPS) is 13.0. The van der Waals surface area contributed by atoms with Crippen LogP contribution in [0.25, 0.3) is 0 Å². The van der Waals surface area contributed by atoms with E-state index in [0.29, 0.717) is 6.54 Å². The summed E-state index contributed by atoms with van der Waals surface area (Å²) in [6.45, 7) is 2.64. The molecule has 2 unspecified atom stereocenters. The monoisotopic (exact) mass is 599 g/mol. The van der Waals surface area contributed by atoms with Crippen molar-refractivity contribution in [1.29, 1.82) is 0 Å². The number of amides is 1. The van der Waals surface area contributed by atoms with Gasteiger partial charge in [0.2, 0.25) is 0 Å². The molecule has 3 aromatic carbocycles. The number of halogens is 2. The van der Waals surface area contributed by atoms with E-state index in [9.17, 15) is 27.1 Å². The predicted molar refractivity (Wildman–Crippen MR) is 156 cm³/mol. The number of nitrogens with one attached hydrogen (secondary N) is 3. The number of anilines is 1. The Hall–Kier alpha value is -3.64. The Kier molecular flexibility index (Phi) is 10.2. The number of hydrogen-bond donors (Lipinski definition) is 4. The molecule has 11 heteroatoms. The molecule has 2 atom stereocenters. The Morgan fingerprint density at radius 3 is 2.37 bits per heavy atom. The molecule has 4 aromatic rings. The maximum atomic E-state index is 13.9. The molecule has 4 N–H and O–H groups in total. The number of sulfonamides is 1. The minimum absolute atomic E-state index is 0.0424. The summed E-state index contributed by atoms with van der Waals surface area (Å²) in [7, 11) is -3.82. The van der Waals surface area contributed by atoms with Crippen LogP contribution in [0, 0.1) is 11.6 Å². The number of carbonyl (C=O) groups is 1. The van der Waals surface area contributed by atoms with E-state index in [4.69, 9.17) is 0 Å². The average molecular weight is 600 g/mol. The SMILES string of the molecule is CCc1cccc(CNCC(O)C(Cc2cc(F)cc(F)c2)NC(=O)c2cccc(NS(=O)(=O)c3cccs3)c2)c1. The number of benzene rings is 3. The maximum absolute atomic E-state index is 13.9. The molecule has 7 nitrogen and oxygen atoms in total. The van der Waals surface area contributed by atoms with Crippen LogP contribution in [-0.4, -0.2) is 38.1 Å². The summed E-state index contributed by atoms with van der Waals surface area (Å²) >= 11 is 1.06. The minimum atomic E-state index is -3.82. The lowest BCUT2D eigenvalue weighted by Gasteiger charge is -2.25. The van der Waals surface area contributed by atoms with Crippen LogP contribution in [0.4, 0.5) is 14.5 Å². The molecule has 1 amide bonds. The van der Waals surface area contributed by atoms with Gasteiger partial charge in [0, 0.05) is 30.4 Å². The largest absolute Gasteiger partial charge is 0.390 e. The van der Waals surface area contributed by atoms with Crippen molar-refractivity contribution in [2.75, 3.05) is 11.3 Å². The Balaban J connectivity index is 1.48. The molecule has 0 spiro atoms. The summed E-state index contributed by atoms with van der Waals surface area (Å²) in [4.78, 5) is 13.2. The van der Waals surface area contributed by atoms with E-state index in [0.717, 1.165) is 41.5 Å². The zero-order chi connectivity index (χ0) is 29.4. The third-order valence-corrected chi connectivity index (χ3v) is 9.16. The number of aliphatic hydroxyl groups excluding tert-OH is 1. The predicted octanol–water partition coefficient (Wildman–Crippen LogP) is 4.88. The van der Waals surface area contributed by atoms with Crippen molar-refractivity contribution >= 4 is 33.0 Å². The van der Waals surface area contributed by atoms with Crippen molar-refractivity contribution in [3.05, 3.63) is 118 Å². The van der Waals surface area contributed by atoms with Crippen molar-refractivity contribution in [2.45, 2.75) is 42.7 Å².